The maximum absolute atomic E-state index is 14.1. The Kier molecular flexibility index (Phi) is 3.91. The van der Waals surface area contributed by atoms with Crippen LogP contribution in [0.5, 0.6) is 0 Å². The predicted molar refractivity (Wildman–Crippen MR) is 74.5 cm³/mol. The highest BCUT2D eigenvalue weighted by atomic mass is 19.1. The first-order chi connectivity index (χ1) is 8.54. The summed E-state index contributed by atoms with van der Waals surface area (Å²) in [6.07, 6.45) is 1.18. The van der Waals surface area contributed by atoms with Crippen LogP contribution in [0.15, 0.2) is 18.2 Å². The maximum Gasteiger partial charge on any atom is 0.130 e. The van der Waals surface area contributed by atoms with Gasteiger partial charge in [0.1, 0.15) is 5.82 Å². The van der Waals surface area contributed by atoms with Gasteiger partial charge in [0.15, 0.2) is 0 Å². The summed E-state index contributed by atoms with van der Waals surface area (Å²) < 4.78 is 14.1. The van der Waals surface area contributed by atoms with Gasteiger partial charge in [0, 0.05) is 29.9 Å². The van der Waals surface area contributed by atoms with Crippen LogP contribution in [0.25, 0.3) is 0 Å². The molecule has 1 saturated heterocycles. The monoisotopic (exact) mass is 250 g/mol. The second-order valence-electron chi connectivity index (χ2n) is 5.53. The summed E-state index contributed by atoms with van der Waals surface area (Å²) in [5.41, 5.74) is 1.84. The van der Waals surface area contributed by atoms with E-state index in [-0.39, 0.29) is 11.9 Å². The average molecular weight is 250 g/mol. The van der Waals surface area contributed by atoms with Gasteiger partial charge in [-0.15, -0.1) is 0 Å². The Balaban J connectivity index is 2.41. The van der Waals surface area contributed by atoms with Gasteiger partial charge in [-0.25, -0.2) is 4.39 Å². The third kappa shape index (κ3) is 2.37. The summed E-state index contributed by atoms with van der Waals surface area (Å²) in [5, 5.41) is 3.15. The van der Waals surface area contributed by atoms with Gasteiger partial charge in [-0.2, -0.15) is 0 Å². The van der Waals surface area contributed by atoms with E-state index < -0.39 is 0 Å². The summed E-state index contributed by atoms with van der Waals surface area (Å²) in [6.45, 7) is 7.51. The number of hydrogen-bond donors (Lipinski definition) is 1. The third-order valence-electron chi connectivity index (χ3n) is 3.99. The van der Waals surface area contributed by atoms with E-state index in [1.54, 1.807) is 6.07 Å². The lowest BCUT2D eigenvalue weighted by molar-refractivity contribution is 0.559. The van der Waals surface area contributed by atoms with E-state index in [1.165, 1.54) is 6.42 Å². The minimum Gasteiger partial charge on any atom is -0.368 e. The van der Waals surface area contributed by atoms with Gasteiger partial charge >= 0.3 is 0 Å². The molecule has 1 aliphatic heterocycles. The Hall–Kier alpha value is -1.09. The predicted octanol–water partition coefficient (Wildman–Crippen LogP) is 3.34. The first-order valence-electron chi connectivity index (χ1n) is 6.77. The molecule has 1 aromatic rings. The Bertz CT molecular complexity index is 419. The highest BCUT2D eigenvalue weighted by Gasteiger charge is 2.29. The van der Waals surface area contributed by atoms with Gasteiger partial charge in [-0.3, -0.25) is 0 Å². The molecule has 1 heterocycles. The van der Waals surface area contributed by atoms with Gasteiger partial charge in [0.25, 0.3) is 0 Å². The van der Waals surface area contributed by atoms with Crippen molar-refractivity contribution in [3.63, 3.8) is 0 Å². The van der Waals surface area contributed by atoms with Crippen LogP contribution in [0.2, 0.25) is 0 Å². The molecule has 18 heavy (non-hydrogen) atoms. The molecule has 0 aromatic heterocycles. The molecule has 2 rings (SSSR count). The van der Waals surface area contributed by atoms with Crippen LogP contribution in [0.3, 0.4) is 0 Å². The van der Waals surface area contributed by atoms with E-state index >= 15 is 0 Å². The van der Waals surface area contributed by atoms with Gasteiger partial charge in [-0.05, 0) is 45.4 Å². The zero-order chi connectivity index (χ0) is 13.3. The largest absolute Gasteiger partial charge is 0.368 e. The van der Waals surface area contributed by atoms with Gasteiger partial charge < -0.3 is 10.2 Å². The molecule has 100 valence electrons. The standard InChI is InChI=1S/C15H23FN2/c1-10-8-11(2)18(9-10)14-7-5-6-13(16)15(14)12(3)17-4/h5-7,10-12,17H,8-9H2,1-4H3. The number of nitrogens with zero attached hydrogens (tertiary/aromatic N) is 1. The molecule has 3 atom stereocenters. The average Bonchev–Trinajstić information content (AvgIpc) is 2.67. The molecular formula is C15H23FN2. The van der Waals surface area contributed by atoms with Gasteiger partial charge in [0.05, 0.1) is 0 Å². The molecule has 3 heteroatoms. The van der Waals surface area contributed by atoms with Crippen LogP contribution >= 0.6 is 0 Å². The van der Waals surface area contributed by atoms with E-state index in [9.17, 15) is 4.39 Å². The van der Waals surface area contributed by atoms with Crippen LogP contribution < -0.4 is 10.2 Å². The molecular weight excluding hydrogens is 227 g/mol. The smallest absolute Gasteiger partial charge is 0.130 e. The van der Waals surface area contributed by atoms with Crippen molar-refractivity contribution in [1.82, 2.24) is 5.32 Å². The molecule has 0 bridgehead atoms. The summed E-state index contributed by atoms with van der Waals surface area (Å²) in [4.78, 5) is 2.34. The molecule has 1 aromatic carbocycles. The van der Waals surface area contributed by atoms with Gasteiger partial charge in [0.2, 0.25) is 0 Å². The summed E-state index contributed by atoms with van der Waals surface area (Å²) in [5.74, 6) is 0.571. The van der Waals surface area contributed by atoms with Crippen LogP contribution in [0.1, 0.15) is 38.8 Å². The quantitative estimate of drug-likeness (QED) is 0.885. The molecule has 1 N–H and O–H groups in total. The Morgan fingerprint density at radius 1 is 1.39 bits per heavy atom. The van der Waals surface area contributed by atoms with Crippen molar-refractivity contribution < 1.29 is 4.39 Å². The lowest BCUT2D eigenvalue weighted by Crippen LogP contribution is -2.29. The van der Waals surface area contributed by atoms with E-state index in [2.05, 4.69) is 24.1 Å². The Labute approximate surface area is 109 Å². The number of hydrogen-bond acceptors (Lipinski definition) is 2. The molecule has 3 unspecified atom stereocenters. The normalized spacial score (nSPS) is 25.5. The lowest BCUT2D eigenvalue weighted by Gasteiger charge is -2.28. The molecule has 0 aliphatic carbocycles. The van der Waals surface area contributed by atoms with Crippen molar-refractivity contribution in [3.8, 4) is 0 Å². The van der Waals surface area contributed by atoms with Crippen molar-refractivity contribution in [2.75, 3.05) is 18.5 Å². The fraction of sp³-hybridized carbons (Fsp3) is 0.600. The number of anilines is 1. The molecule has 1 aliphatic rings. The topological polar surface area (TPSA) is 15.3 Å². The number of halogens is 1. The molecule has 2 nitrogen and oxygen atoms in total. The van der Waals surface area contributed by atoms with Crippen LogP contribution in [0, 0.1) is 11.7 Å². The van der Waals surface area contributed by atoms with E-state index in [0.29, 0.717) is 12.0 Å². The molecule has 1 fully saturated rings. The number of nitrogens with one attached hydrogen (secondary N) is 1. The molecule has 0 saturated carbocycles. The van der Waals surface area contributed by atoms with E-state index in [4.69, 9.17) is 0 Å². The second-order valence-corrected chi connectivity index (χ2v) is 5.53. The highest BCUT2D eigenvalue weighted by molar-refractivity contribution is 5.57. The van der Waals surface area contributed by atoms with Crippen LogP contribution in [-0.2, 0) is 0 Å². The first-order valence-corrected chi connectivity index (χ1v) is 6.77. The number of benzene rings is 1. The Morgan fingerprint density at radius 2 is 2.11 bits per heavy atom. The van der Waals surface area contributed by atoms with Crippen molar-refractivity contribution in [2.24, 2.45) is 5.92 Å². The van der Waals surface area contributed by atoms with Crippen molar-refractivity contribution >= 4 is 5.69 Å². The molecule has 0 spiro atoms. The summed E-state index contributed by atoms with van der Waals surface area (Å²) in [6, 6.07) is 5.93. The summed E-state index contributed by atoms with van der Waals surface area (Å²) in [7, 11) is 1.87. The lowest BCUT2D eigenvalue weighted by atomic mass is 10.0. The zero-order valence-electron chi connectivity index (χ0n) is 11.7. The maximum atomic E-state index is 14.1. The third-order valence-corrected chi connectivity index (χ3v) is 3.99. The van der Waals surface area contributed by atoms with Crippen molar-refractivity contribution in [1.29, 1.82) is 0 Å². The van der Waals surface area contributed by atoms with E-state index in [1.807, 2.05) is 26.1 Å². The number of rotatable bonds is 3. The second kappa shape index (κ2) is 5.27. The SMILES string of the molecule is CNC(C)c1c(F)cccc1N1CC(C)CC1C. The molecule has 0 radical (unpaired) electrons. The minimum atomic E-state index is -0.110. The van der Waals surface area contributed by atoms with Crippen LogP contribution in [0.4, 0.5) is 10.1 Å². The van der Waals surface area contributed by atoms with Crippen LogP contribution in [-0.4, -0.2) is 19.6 Å². The Morgan fingerprint density at radius 3 is 2.67 bits per heavy atom. The zero-order valence-corrected chi connectivity index (χ0v) is 11.7. The summed E-state index contributed by atoms with van der Waals surface area (Å²) >= 11 is 0. The van der Waals surface area contributed by atoms with Crippen molar-refractivity contribution in [3.05, 3.63) is 29.6 Å². The molecule has 0 amide bonds. The first kappa shape index (κ1) is 13.3. The minimum absolute atomic E-state index is 0.0318. The van der Waals surface area contributed by atoms with E-state index in [0.717, 1.165) is 17.8 Å². The highest BCUT2D eigenvalue weighted by Crippen LogP contribution is 2.35. The fourth-order valence-corrected chi connectivity index (χ4v) is 2.98. The fourth-order valence-electron chi connectivity index (χ4n) is 2.98. The van der Waals surface area contributed by atoms with Crippen molar-refractivity contribution in [2.45, 2.75) is 39.3 Å². The van der Waals surface area contributed by atoms with Gasteiger partial charge in [-0.1, -0.05) is 13.0 Å².